The van der Waals surface area contributed by atoms with Gasteiger partial charge >= 0.3 is 0 Å². The minimum atomic E-state index is -0.405. The fourth-order valence-electron chi connectivity index (χ4n) is 3.93. The predicted molar refractivity (Wildman–Crippen MR) is 115 cm³/mol. The van der Waals surface area contributed by atoms with Crippen LogP contribution in [0.5, 0.6) is 0 Å². The lowest BCUT2D eigenvalue weighted by Gasteiger charge is -2.32. The first-order chi connectivity index (χ1) is 14.6. The van der Waals surface area contributed by atoms with Crippen molar-refractivity contribution < 1.29 is 9.18 Å². The number of Topliss-reactive ketones (excluding diaryl/α,β-unsaturated/α-hetero) is 1. The van der Waals surface area contributed by atoms with Crippen molar-refractivity contribution in [2.24, 2.45) is 0 Å². The van der Waals surface area contributed by atoms with Crippen LogP contribution >= 0.6 is 23.4 Å². The van der Waals surface area contributed by atoms with Crippen LogP contribution in [0.1, 0.15) is 36.4 Å². The number of nitrogens with one attached hydrogen (secondary N) is 1. The smallest absolute Gasteiger partial charge is 0.227 e. The number of ketones is 1. The highest BCUT2D eigenvalue weighted by Gasteiger charge is 2.36. The van der Waals surface area contributed by atoms with E-state index in [-0.39, 0.29) is 11.6 Å². The zero-order chi connectivity index (χ0) is 20.7. The summed E-state index contributed by atoms with van der Waals surface area (Å²) >= 11 is 7.58. The molecule has 1 aromatic heterocycles. The Labute approximate surface area is 182 Å². The average molecular weight is 441 g/mol. The Morgan fingerprint density at radius 3 is 2.83 bits per heavy atom. The van der Waals surface area contributed by atoms with E-state index < -0.39 is 6.04 Å². The van der Waals surface area contributed by atoms with Crippen molar-refractivity contribution in [2.45, 2.75) is 36.2 Å². The molecule has 5 rings (SSSR count). The molecule has 0 spiro atoms. The molecule has 2 aromatic carbocycles. The van der Waals surface area contributed by atoms with Gasteiger partial charge in [-0.1, -0.05) is 47.6 Å². The van der Waals surface area contributed by atoms with Crippen LogP contribution in [-0.4, -0.2) is 20.5 Å². The van der Waals surface area contributed by atoms with Gasteiger partial charge in [0.25, 0.3) is 0 Å². The van der Waals surface area contributed by atoms with E-state index >= 15 is 0 Å². The van der Waals surface area contributed by atoms with E-state index in [1.54, 1.807) is 16.8 Å². The molecule has 0 radical (unpaired) electrons. The van der Waals surface area contributed by atoms with Gasteiger partial charge in [-0.2, -0.15) is 4.98 Å². The Morgan fingerprint density at radius 2 is 2.03 bits per heavy atom. The van der Waals surface area contributed by atoms with Crippen molar-refractivity contribution in [1.29, 1.82) is 0 Å². The number of aromatic nitrogens is 3. The molecular weight excluding hydrogens is 423 g/mol. The SMILES string of the molecule is O=C1CCCC2=C1C(c1ccc(F)cc1)n1nc(SCc3cccc(Cl)c3)nc1N2. The van der Waals surface area contributed by atoms with Crippen LogP contribution in [0.25, 0.3) is 0 Å². The molecule has 0 saturated heterocycles. The topological polar surface area (TPSA) is 59.8 Å². The van der Waals surface area contributed by atoms with Gasteiger partial charge in [-0.3, -0.25) is 4.79 Å². The van der Waals surface area contributed by atoms with Gasteiger partial charge < -0.3 is 5.32 Å². The Hall–Kier alpha value is -2.64. The Bertz CT molecular complexity index is 1160. The number of nitrogens with zero attached hydrogens (tertiary/aromatic N) is 3. The lowest BCUT2D eigenvalue weighted by atomic mass is 9.85. The molecule has 1 aliphatic carbocycles. The molecule has 0 fully saturated rings. The predicted octanol–water partition coefficient (Wildman–Crippen LogP) is 5.38. The van der Waals surface area contributed by atoms with Crippen molar-refractivity contribution in [2.75, 3.05) is 5.32 Å². The highest BCUT2D eigenvalue weighted by atomic mass is 35.5. The Balaban J connectivity index is 1.50. The van der Waals surface area contributed by atoms with Crippen molar-refractivity contribution in [3.05, 3.63) is 81.8 Å². The van der Waals surface area contributed by atoms with Crippen LogP contribution < -0.4 is 5.32 Å². The number of halogens is 2. The summed E-state index contributed by atoms with van der Waals surface area (Å²) in [5.74, 6) is 1.07. The number of anilines is 1. The van der Waals surface area contributed by atoms with Gasteiger partial charge in [0.2, 0.25) is 11.1 Å². The molecule has 30 heavy (non-hydrogen) atoms. The molecule has 152 valence electrons. The van der Waals surface area contributed by atoms with Crippen molar-refractivity contribution in [3.63, 3.8) is 0 Å². The van der Waals surface area contributed by atoms with Gasteiger partial charge in [-0.05, 0) is 48.2 Å². The molecule has 2 heterocycles. The zero-order valence-electron chi connectivity index (χ0n) is 15.9. The fraction of sp³-hybridized carbons (Fsp3) is 0.227. The summed E-state index contributed by atoms with van der Waals surface area (Å²) in [6.07, 6.45) is 2.11. The maximum absolute atomic E-state index is 13.5. The Kier molecular flexibility index (Phi) is 5.08. The quantitative estimate of drug-likeness (QED) is 0.551. The molecule has 0 amide bonds. The molecule has 3 aromatic rings. The van der Waals surface area contributed by atoms with E-state index in [2.05, 4.69) is 15.4 Å². The van der Waals surface area contributed by atoms with Crippen LogP contribution in [0, 0.1) is 5.82 Å². The van der Waals surface area contributed by atoms with Gasteiger partial charge in [0.05, 0.1) is 0 Å². The number of thioether (sulfide) groups is 1. The lowest BCUT2D eigenvalue weighted by Crippen LogP contribution is -2.31. The number of carbonyl (C=O) groups is 1. The normalized spacial score (nSPS) is 18.1. The summed E-state index contributed by atoms with van der Waals surface area (Å²) in [7, 11) is 0. The minimum Gasteiger partial charge on any atom is -0.328 e. The second-order valence-corrected chi connectivity index (χ2v) is 8.71. The summed E-state index contributed by atoms with van der Waals surface area (Å²) in [6.45, 7) is 0. The van der Waals surface area contributed by atoms with Crippen LogP contribution in [-0.2, 0) is 10.5 Å². The second-order valence-electron chi connectivity index (χ2n) is 7.33. The third kappa shape index (κ3) is 3.63. The molecule has 1 aliphatic heterocycles. The molecule has 8 heteroatoms. The first-order valence-corrected chi connectivity index (χ1v) is 11.1. The van der Waals surface area contributed by atoms with E-state index in [4.69, 9.17) is 11.6 Å². The summed E-state index contributed by atoms with van der Waals surface area (Å²) in [5.41, 5.74) is 3.50. The number of benzene rings is 2. The highest BCUT2D eigenvalue weighted by Crippen LogP contribution is 2.40. The second kappa shape index (κ2) is 7.89. The largest absolute Gasteiger partial charge is 0.328 e. The molecule has 1 unspecified atom stereocenters. The molecule has 1 N–H and O–H groups in total. The van der Waals surface area contributed by atoms with E-state index in [0.717, 1.165) is 29.7 Å². The zero-order valence-corrected chi connectivity index (χ0v) is 17.5. The molecule has 1 atom stereocenters. The van der Waals surface area contributed by atoms with E-state index in [9.17, 15) is 9.18 Å². The summed E-state index contributed by atoms with van der Waals surface area (Å²) in [6, 6.07) is 13.5. The van der Waals surface area contributed by atoms with Crippen LogP contribution in [0.3, 0.4) is 0 Å². The number of hydrogen-bond acceptors (Lipinski definition) is 5. The summed E-state index contributed by atoms with van der Waals surface area (Å²) in [5, 5.41) is 9.30. The number of carbonyl (C=O) groups excluding carboxylic acids is 1. The van der Waals surface area contributed by atoms with Crippen LogP contribution in [0.2, 0.25) is 5.02 Å². The number of rotatable bonds is 4. The first-order valence-electron chi connectivity index (χ1n) is 9.71. The Morgan fingerprint density at radius 1 is 1.20 bits per heavy atom. The van der Waals surface area contributed by atoms with E-state index in [1.807, 2.05) is 24.3 Å². The highest BCUT2D eigenvalue weighted by molar-refractivity contribution is 7.98. The fourth-order valence-corrected chi connectivity index (χ4v) is 4.91. The number of hydrogen-bond donors (Lipinski definition) is 1. The summed E-state index contributed by atoms with van der Waals surface area (Å²) < 4.78 is 15.3. The van der Waals surface area contributed by atoms with Gasteiger partial charge in [-0.15, -0.1) is 5.10 Å². The van der Waals surface area contributed by atoms with Crippen molar-refractivity contribution in [3.8, 4) is 0 Å². The monoisotopic (exact) mass is 440 g/mol. The van der Waals surface area contributed by atoms with E-state index in [0.29, 0.717) is 33.9 Å². The molecule has 0 saturated carbocycles. The maximum Gasteiger partial charge on any atom is 0.227 e. The molecular formula is C22H18ClFN4OS. The van der Waals surface area contributed by atoms with Crippen molar-refractivity contribution >= 4 is 35.1 Å². The number of fused-ring (bicyclic) bond motifs is 1. The van der Waals surface area contributed by atoms with Gasteiger partial charge in [0, 0.05) is 28.5 Å². The number of allylic oxidation sites excluding steroid dienone is 2. The first kappa shape index (κ1) is 19.3. The third-order valence-corrected chi connectivity index (χ3v) is 6.44. The van der Waals surface area contributed by atoms with Crippen LogP contribution in [0.4, 0.5) is 10.3 Å². The van der Waals surface area contributed by atoms with E-state index in [1.165, 1.54) is 23.9 Å². The summed E-state index contributed by atoms with van der Waals surface area (Å²) in [4.78, 5) is 17.4. The van der Waals surface area contributed by atoms with Crippen molar-refractivity contribution in [1.82, 2.24) is 14.8 Å². The lowest BCUT2D eigenvalue weighted by molar-refractivity contribution is -0.116. The molecule has 0 bridgehead atoms. The minimum absolute atomic E-state index is 0.104. The van der Waals surface area contributed by atoms with Gasteiger partial charge in [-0.25, -0.2) is 9.07 Å². The molecule has 5 nitrogen and oxygen atoms in total. The standard InChI is InChI=1S/C22H18ClFN4OS/c23-15-4-1-3-13(11-15)12-30-22-26-21-25-17-5-2-6-18(29)19(17)20(28(21)27-22)14-7-9-16(24)10-8-14/h1,3-4,7-11,20H,2,5-6,12H2,(H,25,26,27). The maximum atomic E-state index is 13.5. The van der Waals surface area contributed by atoms with Gasteiger partial charge in [0.15, 0.2) is 5.78 Å². The van der Waals surface area contributed by atoms with Gasteiger partial charge in [0.1, 0.15) is 11.9 Å². The molecule has 2 aliphatic rings. The third-order valence-electron chi connectivity index (χ3n) is 5.29. The average Bonchev–Trinajstić information content (AvgIpc) is 3.14. The van der Waals surface area contributed by atoms with Crippen LogP contribution in [0.15, 0.2) is 65.0 Å².